The zero-order chi connectivity index (χ0) is 13.0. The molecule has 1 amide bonds. The third-order valence-corrected chi connectivity index (χ3v) is 4.49. The number of hydrogen-bond acceptors (Lipinski definition) is 3. The fourth-order valence-corrected chi connectivity index (χ4v) is 3.08. The first-order valence-corrected chi connectivity index (χ1v) is 7.39. The zero-order valence-corrected chi connectivity index (χ0v) is 13.0. The molecular formula is C14H28ClN3O. The number of likely N-dealkylation sites (N-methyl/N-ethyl adjacent to an activating group) is 1. The molecule has 112 valence electrons. The fraction of sp³-hybridized carbons (Fsp3) is 0.929. The Kier molecular flexibility index (Phi) is 7.11. The maximum atomic E-state index is 12.3. The van der Waals surface area contributed by atoms with E-state index in [1.165, 1.54) is 32.1 Å². The van der Waals surface area contributed by atoms with E-state index in [2.05, 4.69) is 17.1 Å². The maximum absolute atomic E-state index is 12.3. The van der Waals surface area contributed by atoms with Crippen LogP contribution in [-0.4, -0.2) is 61.0 Å². The number of halogens is 1. The van der Waals surface area contributed by atoms with Crippen LogP contribution in [0.25, 0.3) is 0 Å². The minimum Gasteiger partial charge on any atom is -0.342 e. The molecule has 4 nitrogen and oxygen atoms in total. The number of carbonyl (C=O) groups is 1. The lowest BCUT2D eigenvalue weighted by molar-refractivity contribution is -0.134. The molecule has 0 unspecified atom stereocenters. The van der Waals surface area contributed by atoms with Crippen molar-refractivity contribution in [2.24, 2.45) is 0 Å². The quantitative estimate of drug-likeness (QED) is 0.855. The van der Waals surface area contributed by atoms with Gasteiger partial charge in [0.05, 0.1) is 6.54 Å². The molecule has 1 aliphatic carbocycles. The van der Waals surface area contributed by atoms with Gasteiger partial charge in [-0.2, -0.15) is 0 Å². The minimum absolute atomic E-state index is 0. The van der Waals surface area contributed by atoms with E-state index in [0.717, 1.165) is 19.6 Å². The summed E-state index contributed by atoms with van der Waals surface area (Å²) in [5.74, 6) is 0.302. The Morgan fingerprint density at radius 1 is 1.32 bits per heavy atom. The monoisotopic (exact) mass is 289 g/mol. The molecule has 0 radical (unpaired) electrons. The molecule has 1 atom stereocenters. The number of carbonyl (C=O) groups excluding carboxylic acids is 1. The molecule has 1 saturated heterocycles. The van der Waals surface area contributed by atoms with Crippen LogP contribution >= 0.6 is 12.4 Å². The van der Waals surface area contributed by atoms with Crippen LogP contribution in [-0.2, 0) is 4.79 Å². The second-order valence-corrected chi connectivity index (χ2v) is 5.82. The van der Waals surface area contributed by atoms with E-state index >= 15 is 0 Å². The molecular weight excluding hydrogens is 262 g/mol. The van der Waals surface area contributed by atoms with Crippen molar-refractivity contribution < 1.29 is 4.79 Å². The third kappa shape index (κ3) is 4.62. The van der Waals surface area contributed by atoms with E-state index in [4.69, 9.17) is 0 Å². The van der Waals surface area contributed by atoms with Gasteiger partial charge in [0.15, 0.2) is 0 Å². The summed E-state index contributed by atoms with van der Waals surface area (Å²) in [6.07, 6.45) is 6.30. The van der Waals surface area contributed by atoms with Crippen LogP contribution in [0.15, 0.2) is 0 Å². The Morgan fingerprint density at radius 2 is 2.00 bits per heavy atom. The molecule has 0 aromatic rings. The average molecular weight is 290 g/mol. The molecule has 2 rings (SSSR count). The number of rotatable bonds is 3. The number of hydrogen-bond donors (Lipinski definition) is 1. The van der Waals surface area contributed by atoms with Crippen LogP contribution in [0.5, 0.6) is 0 Å². The maximum Gasteiger partial charge on any atom is 0.236 e. The normalized spacial score (nSPS) is 25.7. The first-order valence-electron chi connectivity index (χ1n) is 7.39. The molecule has 5 heteroatoms. The van der Waals surface area contributed by atoms with Gasteiger partial charge in [0.2, 0.25) is 5.91 Å². The highest BCUT2D eigenvalue weighted by atomic mass is 35.5. The molecule has 2 aliphatic rings. The van der Waals surface area contributed by atoms with Gasteiger partial charge in [-0.1, -0.05) is 19.3 Å². The van der Waals surface area contributed by atoms with Crippen LogP contribution < -0.4 is 5.32 Å². The van der Waals surface area contributed by atoms with E-state index in [-0.39, 0.29) is 12.4 Å². The topological polar surface area (TPSA) is 35.6 Å². The highest BCUT2D eigenvalue weighted by Gasteiger charge is 2.26. The highest BCUT2D eigenvalue weighted by molar-refractivity contribution is 5.85. The molecule has 0 aromatic carbocycles. The molecule has 0 bridgehead atoms. The predicted octanol–water partition coefficient (Wildman–Crippen LogP) is 1.49. The van der Waals surface area contributed by atoms with Gasteiger partial charge in [0, 0.05) is 38.8 Å². The van der Waals surface area contributed by atoms with Gasteiger partial charge in [-0.05, 0) is 19.8 Å². The van der Waals surface area contributed by atoms with E-state index in [0.29, 0.717) is 24.5 Å². The van der Waals surface area contributed by atoms with Crippen LogP contribution in [0.4, 0.5) is 0 Å². The summed E-state index contributed by atoms with van der Waals surface area (Å²) in [6, 6.07) is 0.965. The summed E-state index contributed by atoms with van der Waals surface area (Å²) in [5, 5.41) is 3.36. The fourth-order valence-electron chi connectivity index (χ4n) is 3.08. The zero-order valence-electron chi connectivity index (χ0n) is 12.2. The van der Waals surface area contributed by atoms with E-state index in [1.807, 2.05) is 11.9 Å². The lowest BCUT2D eigenvalue weighted by Gasteiger charge is -2.36. The largest absolute Gasteiger partial charge is 0.342 e. The van der Waals surface area contributed by atoms with Gasteiger partial charge in [-0.15, -0.1) is 12.4 Å². The SMILES string of the molecule is C[C@H]1CNCCN1CC(=O)N(C)C1CCCCC1.Cl. The van der Waals surface area contributed by atoms with Gasteiger partial charge < -0.3 is 10.2 Å². The Hall–Kier alpha value is -0.320. The third-order valence-electron chi connectivity index (χ3n) is 4.49. The summed E-state index contributed by atoms with van der Waals surface area (Å²) >= 11 is 0. The van der Waals surface area contributed by atoms with Crippen molar-refractivity contribution in [3.63, 3.8) is 0 Å². The second-order valence-electron chi connectivity index (χ2n) is 5.82. The van der Waals surface area contributed by atoms with Gasteiger partial charge in [-0.3, -0.25) is 9.69 Å². The van der Waals surface area contributed by atoms with Crippen LogP contribution in [0, 0.1) is 0 Å². The summed E-state index contributed by atoms with van der Waals surface area (Å²) in [5.41, 5.74) is 0. The highest BCUT2D eigenvalue weighted by Crippen LogP contribution is 2.21. The van der Waals surface area contributed by atoms with Crippen molar-refractivity contribution in [2.75, 3.05) is 33.2 Å². The van der Waals surface area contributed by atoms with Crippen molar-refractivity contribution in [3.8, 4) is 0 Å². The van der Waals surface area contributed by atoms with E-state index in [1.54, 1.807) is 0 Å². The van der Waals surface area contributed by atoms with Gasteiger partial charge in [-0.25, -0.2) is 0 Å². The molecule has 1 N–H and O–H groups in total. The first kappa shape index (κ1) is 16.7. The van der Waals surface area contributed by atoms with Crippen molar-refractivity contribution in [3.05, 3.63) is 0 Å². The number of nitrogens with one attached hydrogen (secondary N) is 1. The molecule has 0 aromatic heterocycles. The Balaban J connectivity index is 0.00000180. The first-order chi connectivity index (χ1) is 8.68. The molecule has 1 aliphatic heterocycles. The van der Waals surface area contributed by atoms with Crippen LogP contribution in [0.1, 0.15) is 39.0 Å². The molecule has 0 spiro atoms. The Labute approximate surface area is 123 Å². The van der Waals surface area contributed by atoms with Crippen molar-refractivity contribution in [2.45, 2.75) is 51.1 Å². The number of piperazine rings is 1. The summed E-state index contributed by atoms with van der Waals surface area (Å²) in [6.45, 7) is 5.78. The summed E-state index contributed by atoms with van der Waals surface area (Å²) in [7, 11) is 1.99. The Morgan fingerprint density at radius 3 is 2.63 bits per heavy atom. The smallest absolute Gasteiger partial charge is 0.236 e. The standard InChI is InChI=1S/C14H27N3O.ClH/c1-12-10-15-8-9-17(12)11-14(18)16(2)13-6-4-3-5-7-13;/h12-13,15H,3-11H2,1-2H3;1H/t12-;/m0./s1. The Bertz CT molecular complexity index is 282. The van der Waals surface area contributed by atoms with Crippen LogP contribution in [0.3, 0.4) is 0 Å². The molecule has 1 saturated carbocycles. The predicted molar refractivity (Wildman–Crippen MR) is 80.8 cm³/mol. The molecule has 19 heavy (non-hydrogen) atoms. The minimum atomic E-state index is 0. The average Bonchev–Trinajstić information content (AvgIpc) is 2.41. The molecule has 2 fully saturated rings. The lowest BCUT2D eigenvalue weighted by Crippen LogP contribution is -2.53. The van der Waals surface area contributed by atoms with Crippen LogP contribution in [0.2, 0.25) is 0 Å². The summed E-state index contributed by atoms with van der Waals surface area (Å²) < 4.78 is 0. The van der Waals surface area contributed by atoms with Gasteiger partial charge in [0.1, 0.15) is 0 Å². The number of amides is 1. The molecule has 1 heterocycles. The van der Waals surface area contributed by atoms with Crippen molar-refractivity contribution >= 4 is 18.3 Å². The second kappa shape index (κ2) is 8.08. The van der Waals surface area contributed by atoms with E-state index < -0.39 is 0 Å². The number of nitrogens with zero attached hydrogens (tertiary/aromatic N) is 2. The van der Waals surface area contributed by atoms with Gasteiger partial charge >= 0.3 is 0 Å². The van der Waals surface area contributed by atoms with Crippen molar-refractivity contribution in [1.82, 2.24) is 15.1 Å². The van der Waals surface area contributed by atoms with Crippen molar-refractivity contribution in [1.29, 1.82) is 0 Å². The lowest BCUT2D eigenvalue weighted by atomic mass is 9.94. The van der Waals surface area contributed by atoms with E-state index in [9.17, 15) is 4.79 Å². The summed E-state index contributed by atoms with van der Waals surface area (Å²) in [4.78, 5) is 16.6. The van der Waals surface area contributed by atoms with Gasteiger partial charge in [0.25, 0.3) is 0 Å².